The second kappa shape index (κ2) is 8.55. The minimum Gasteiger partial charge on any atom is -0.310 e. The van der Waals surface area contributed by atoms with Crippen molar-refractivity contribution >= 4 is 60.4 Å². The highest BCUT2D eigenvalue weighted by Gasteiger charge is 2.40. The fraction of sp³-hybridized carbons (Fsp3) is 0.263. The zero-order chi connectivity index (χ0) is 22.3. The zero-order valence-electron chi connectivity index (χ0n) is 15.9. The average Bonchev–Trinajstić information content (AvgIpc) is 3.41. The van der Waals surface area contributed by atoms with Crippen molar-refractivity contribution in [2.24, 2.45) is 4.99 Å². The molecule has 1 amide bonds. The van der Waals surface area contributed by atoms with Crippen molar-refractivity contribution in [3.8, 4) is 0 Å². The van der Waals surface area contributed by atoms with E-state index in [2.05, 4.69) is 11.6 Å². The van der Waals surface area contributed by atoms with Crippen LogP contribution in [0.4, 0.5) is 8.78 Å². The SMILES string of the molecule is C=CCn1c(=NC(=O)C2CCCN2S(=O)(=O)c2ccc(Cl)s2)sc2cc(F)cc(F)c21. The number of amides is 1. The smallest absolute Gasteiger partial charge is 0.266 e. The number of benzene rings is 1. The van der Waals surface area contributed by atoms with Gasteiger partial charge in [0.1, 0.15) is 16.1 Å². The maximum absolute atomic E-state index is 14.4. The molecule has 0 saturated carbocycles. The number of thiophene rings is 1. The van der Waals surface area contributed by atoms with Gasteiger partial charge in [0.05, 0.1) is 14.6 Å². The number of sulfonamides is 1. The maximum atomic E-state index is 14.4. The molecule has 6 nitrogen and oxygen atoms in total. The first-order chi connectivity index (χ1) is 14.7. The van der Waals surface area contributed by atoms with Gasteiger partial charge in [-0.1, -0.05) is 29.0 Å². The standard InChI is InChI=1S/C19H16ClF2N3O3S3/c1-2-7-24-17-12(22)9-11(21)10-14(17)29-19(24)23-18(26)13-4-3-8-25(13)31(27,28)16-6-5-15(20)30-16/h2,5-6,9-10,13H,1,3-4,7-8H2. The van der Waals surface area contributed by atoms with Crippen molar-refractivity contribution in [1.82, 2.24) is 8.87 Å². The molecule has 1 aliphatic rings. The molecule has 1 unspecified atom stereocenters. The van der Waals surface area contributed by atoms with Gasteiger partial charge in [0.15, 0.2) is 10.6 Å². The van der Waals surface area contributed by atoms with E-state index in [4.69, 9.17) is 11.6 Å². The van der Waals surface area contributed by atoms with Crippen molar-refractivity contribution in [3.05, 3.63) is 57.7 Å². The molecular formula is C19H16ClF2N3O3S3. The molecule has 3 heterocycles. The van der Waals surface area contributed by atoms with Crippen LogP contribution >= 0.6 is 34.3 Å². The average molecular weight is 504 g/mol. The zero-order valence-corrected chi connectivity index (χ0v) is 19.1. The lowest BCUT2D eigenvalue weighted by Gasteiger charge is -2.20. The highest BCUT2D eigenvalue weighted by molar-refractivity contribution is 7.91. The Kier molecular flexibility index (Phi) is 6.14. The van der Waals surface area contributed by atoms with Crippen LogP contribution in [0.2, 0.25) is 4.34 Å². The first-order valence-corrected chi connectivity index (χ1v) is 12.6. The predicted octanol–water partition coefficient (Wildman–Crippen LogP) is 4.16. The Morgan fingerprint density at radius 3 is 2.77 bits per heavy atom. The number of carbonyl (C=O) groups excluding carboxylic acids is 1. The topological polar surface area (TPSA) is 71.7 Å². The van der Waals surface area contributed by atoms with Crippen molar-refractivity contribution in [2.75, 3.05) is 6.54 Å². The summed E-state index contributed by atoms with van der Waals surface area (Å²) in [5.41, 5.74) is 0.113. The number of hydrogen-bond donors (Lipinski definition) is 0. The number of halogens is 3. The molecule has 0 radical (unpaired) electrons. The minimum atomic E-state index is -3.90. The van der Waals surface area contributed by atoms with Gasteiger partial charge in [0.2, 0.25) is 0 Å². The summed E-state index contributed by atoms with van der Waals surface area (Å²) in [6, 6.07) is 3.84. The normalized spacial score (nSPS) is 18.2. The van der Waals surface area contributed by atoms with Crippen LogP contribution in [-0.2, 0) is 21.4 Å². The third kappa shape index (κ3) is 4.12. The van der Waals surface area contributed by atoms with Gasteiger partial charge in [-0.25, -0.2) is 17.2 Å². The Morgan fingerprint density at radius 1 is 1.32 bits per heavy atom. The van der Waals surface area contributed by atoms with E-state index in [1.807, 2.05) is 0 Å². The number of nitrogens with zero attached hydrogens (tertiary/aromatic N) is 3. The highest BCUT2D eigenvalue weighted by Crippen LogP contribution is 2.32. The molecule has 1 aliphatic heterocycles. The van der Waals surface area contributed by atoms with Crippen LogP contribution in [0, 0.1) is 11.6 Å². The molecule has 12 heteroatoms. The molecule has 1 fully saturated rings. The van der Waals surface area contributed by atoms with E-state index in [0.29, 0.717) is 17.2 Å². The minimum absolute atomic E-state index is 0.0540. The van der Waals surface area contributed by atoms with Crippen LogP contribution < -0.4 is 4.80 Å². The molecule has 164 valence electrons. The Balaban J connectivity index is 1.76. The van der Waals surface area contributed by atoms with Crippen molar-refractivity contribution in [2.45, 2.75) is 29.6 Å². The third-order valence-corrected chi connectivity index (χ3v) is 9.45. The van der Waals surface area contributed by atoms with E-state index in [1.165, 1.54) is 28.8 Å². The molecule has 0 aliphatic carbocycles. The van der Waals surface area contributed by atoms with Crippen LogP contribution in [0.5, 0.6) is 0 Å². The fourth-order valence-corrected chi connectivity index (χ4v) is 7.86. The summed E-state index contributed by atoms with van der Waals surface area (Å²) in [6.07, 6.45) is 2.32. The molecule has 3 aromatic rings. The number of carbonyl (C=O) groups is 1. The summed E-state index contributed by atoms with van der Waals surface area (Å²) >= 11 is 7.74. The van der Waals surface area contributed by atoms with Crippen molar-refractivity contribution in [3.63, 3.8) is 0 Å². The monoisotopic (exact) mass is 503 g/mol. The molecule has 1 aromatic carbocycles. The second-order valence-electron chi connectivity index (χ2n) is 6.80. The molecule has 31 heavy (non-hydrogen) atoms. The van der Waals surface area contributed by atoms with E-state index in [9.17, 15) is 22.0 Å². The molecular weight excluding hydrogens is 488 g/mol. The van der Waals surface area contributed by atoms with Gasteiger partial charge in [-0.15, -0.1) is 17.9 Å². The van der Waals surface area contributed by atoms with E-state index >= 15 is 0 Å². The van der Waals surface area contributed by atoms with Gasteiger partial charge in [0, 0.05) is 19.2 Å². The molecule has 1 saturated heterocycles. The van der Waals surface area contributed by atoms with Gasteiger partial charge < -0.3 is 4.57 Å². The quantitative estimate of drug-likeness (QED) is 0.491. The van der Waals surface area contributed by atoms with Crippen LogP contribution in [0.1, 0.15) is 12.8 Å². The molecule has 0 N–H and O–H groups in total. The Labute approximate surface area is 189 Å². The van der Waals surface area contributed by atoms with Gasteiger partial charge >= 0.3 is 0 Å². The maximum Gasteiger partial charge on any atom is 0.266 e. The highest BCUT2D eigenvalue weighted by atomic mass is 35.5. The number of aromatic nitrogens is 1. The second-order valence-corrected chi connectivity index (χ2v) is 11.6. The van der Waals surface area contributed by atoms with E-state index in [0.717, 1.165) is 33.0 Å². The molecule has 2 aromatic heterocycles. The van der Waals surface area contributed by atoms with Crippen LogP contribution in [0.3, 0.4) is 0 Å². The van der Waals surface area contributed by atoms with E-state index in [1.54, 1.807) is 0 Å². The van der Waals surface area contributed by atoms with Gasteiger partial charge in [0.25, 0.3) is 15.9 Å². The van der Waals surface area contributed by atoms with Crippen LogP contribution in [-0.4, -0.2) is 35.8 Å². The summed E-state index contributed by atoms with van der Waals surface area (Å²) in [6.45, 7) is 3.96. The van der Waals surface area contributed by atoms with Crippen molar-refractivity contribution < 1.29 is 22.0 Å². The summed E-state index contributed by atoms with van der Waals surface area (Å²) < 4.78 is 57.2. The number of thiazole rings is 1. The summed E-state index contributed by atoms with van der Waals surface area (Å²) in [4.78, 5) is 17.3. The molecule has 4 rings (SSSR count). The van der Waals surface area contributed by atoms with E-state index in [-0.39, 0.29) is 32.3 Å². The number of hydrogen-bond acceptors (Lipinski definition) is 5. The first-order valence-electron chi connectivity index (χ1n) is 9.17. The molecule has 0 spiro atoms. The first kappa shape index (κ1) is 22.3. The summed E-state index contributed by atoms with van der Waals surface area (Å²) in [7, 11) is -3.90. The van der Waals surface area contributed by atoms with Crippen LogP contribution in [0.25, 0.3) is 10.2 Å². The Hall–Kier alpha value is -1.92. The van der Waals surface area contributed by atoms with Crippen molar-refractivity contribution in [1.29, 1.82) is 0 Å². The number of allylic oxidation sites excluding steroid dienone is 1. The van der Waals surface area contributed by atoms with Gasteiger partial charge in [-0.2, -0.15) is 9.30 Å². The molecule has 0 bridgehead atoms. The number of rotatable bonds is 5. The van der Waals surface area contributed by atoms with Gasteiger partial charge in [-0.3, -0.25) is 4.79 Å². The Bertz CT molecular complexity index is 1360. The van der Waals surface area contributed by atoms with Crippen LogP contribution in [0.15, 0.2) is 46.1 Å². The lowest BCUT2D eigenvalue weighted by atomic mass is 10.2. The third-order valence-electron chi connectivity index (χ3n) is 4.81. The summed E-state index contributed by atoms with van der Waals surface area (Å²) in [5, 5.41) is 0. The lowest BCUT2D eigenvalue weighted by Crippen LogP contribution is -2.40. The fourth-order valence-electron chi connectivity index (χ4n) is 3.51. The van der Waals surface area contributed by atoms with E-state index < -0.39 is 33.6 Å². The Morgan fingerprint density at radius 2 is 2.10 bits per heavy atom. The molecule has 1 atom stereocenters. The summed E-state index contributed by atoms with van der Waals surface area (Å²) in [5.74, 6) is -2.17. The number of fused-ring (bicyclic) bond motifs is 1. The lowest BCUT2D eigenvalue weighted by molar-refractivity contribution is -0.121. The van der Waals surface area contributed by atoms with Gasteiger partial charge in [-0.05, 0) is 31.0 Å². The largest absolute Gasteiger partial charge is 0.310 e. The predicted molar refractivity (Wildman–Crippen MR) is 117 cm³/mol.